The van der Waals surface area contributed by atoms with Gasteiger partial charge in [0.15, 0.2) is 11.6 Å². The van der Waals surface area contributed by atoms with E-state index >= 15 is 0 Å². The Morgan fingerprint density at radius 2 is 2.12 bits per heavy atom. The summed E-state index contributed by atoms with van der Waals surface area (Å²) in [6, 6.07) is 3.86. The maximum absolute atomic E-state index is 13.1. The standard InChI is InChI=1S/C14H18F2O/c1-2-10-5-6-14(17,8-10)9-11-3-4-12(15)13(16)7-11/h3-4,7,10,17H,2,5-6,8-9H2,1H3. The highest BCUT2D eigenvalue weighted by atomic mass is 19.2. The molecule has 17 heavy (non-hydrogen) atoms. The maximum Gasteiger partial charge on any atom is 0.159 e. The van der Waals surface area contributed by atoms with Crippen LogP contribution in [0.1, 0.15) is 38.2 Å². The molecule has 1 aromatic rings. The molecule has 94 valence electrons. The molecule has 0 amide bonds. The maximum atomic E-state index is 13.1. The molecule has 1 aliphatic rings. The Balaban J connectivity index is 2.08. The molecule has 0 bridgehead atoms. The molecular weight excluding hydrogens is 222 g/mol. The zero-order valence-electron chi connectivity index (χ0n) is 10.0. The second-order valence-electron chi connectivity index (χ2n) is 5.17. The van der Waals surface area contributed by atoms with Crippen molar-refractivity contribution in [2.24, 2.45) is 5.92 Å². The van der Waals surface area contributed by atoms with Crippen molar-refractivity contribution >= 4 is 0 Å². The Hall–Kier alpha value is -0.960. The largest absolute Gasteiger partial charge is 0.390 e. The quantitative estimate of drug-likeness (QED) is 0.858. The number of aliphatic hydroxyl groups is 1. The molecular formula is C14H18F2O. The van der Waals surface area contributed by atoms with Crippen LogP contribution in [0.2, 0.25) is 0 Å². The van der Waals surface area contributed by atoms with Gasteiger partial charge in [0.2, 0.25) is 0 Å². The predicted octanol–water partition coefficient (Wildman–Crippen LogP) is 3.45. The van der Waals surface area contributed by atoms with Gasteiger partial charge in [-0.15, -0.1) is 0 Å². The van der Waals surface area contributed by atoms with Gasteiger partial charge in [0.05, 0.1) is 5.60 Å². The summed E-state index contributed by atoms with van der Waals surface area (Å²) in [5.41, 5.74) is -0.0616. The highest BCUT2D eigenvalue weighted by Crippen LogP contribution is 2.38. The van der Waals surface area contributed by atoms with E-state index in [-0.39, 0.29) is 0 Å². The molecule has 1 aliphatic carbocycles. The molecule has 1 saturated carbocycles. The summed E-state index contributed by atoms with van der Waals surface area (Å²) < 4.78 is 25.9. The number of rotatable bonds is 3. The van der Waals surface area contributed by atoms with Crippen LogP contribution in [-0.2, 0) is 6.42 Å². The summed E-state index contributed by atoms with van der Waals surface area (Å²) >= 11 is 0. The summed E-state index contributed by atoms with van der Waals surface area (Å²) in [6.07, 6.45) is 4.03. The van der Waals surface area contributed by atoms with Gasteiger partial charge in [-0.2, -0.15) is 0 Å². The summed E-state index contributed by atoms with van der Waals surface area (Å²) in [4.78, 5) is 0. The third-order valence-corrected chi connectivity index (χ3v) is 3.78. The Kier molecular flexibility index (Phi) is 3.48. The smallest absolute Gasteiger partial charge is 0.159 e. The van der Waals surface area contributed by atoms with Crippen LogP contribution in [-0.4, -0.2) is 10.7 Å². The van der Waals surface area contributed by atoms with Crippen LogP contribution in [0.5, 0.6) is 0 Å². The fourth-order valence-corrected chi connectivity index (χ4v) is 2.75. The third kappa shape index (κ3) is 2.83. The van der Waals surface area contributed by atoms with Gasteiger partial charge in [-0.1, -0.05) is 19.4 Å². The van der Waals surface area contributed by atoms with E-state index in [1.54, 1.807) is 6.07 Å². The van der Waals surface area contributed by atoms with Crippen molar-refractivity contribution < 1.29 is 13.9 Å². The number of hydrogen-bond acceptors (Lipinski definition) is 1. The molecule has 2 rings (SSSR count). The van der Waals surface area contributed by atoms with Gasteiger partial charge in [-0.05, 0) is 42.9 Å². The molecule has 3 heteroatoms. The first-order valence-electron chi connectivity index (χ1n) is 6.19. The first kappa shape index (κ1) is 12.5. The summed E-state index contributed by atoms with van der Waals surface area (Å²) in [5.74, 6) is -1.11. The summed E-state index contributed by atoms with van der Waals surface area (Å²) in [7, 11) is 0. The van der Waals surface area contributed by atoms with Gasteiger partial charge in [0, 0.05) is 6.42 Å². The average molecular weight is 240 g/mol. The normalized spacial score (nSPS) is 28.6. The van der Waals surface area contributed by atoms with Gasteiger partial charge in [0.1, 0.15) is 0 Å². The fourth-order valence-electron chi connectivity index (χ4n) is 2.75. The fraction of sp³-hybridized carbons (Fsp3) is 0.571. The van der Waals surface area contributed by atoms with E-state index in [0.717, 1.165) is 31.7 Å². The van der Waals surface area contributed by atoms with Crippen LogP contribution in [0.4, 0.5) is 8.78 Å². The molecule has 0 heterocycles. The van der Waals surface area contributed by atoms with Gasteiger partial charge >= 0.3 is 0 Å². The van der Waals surface area contributed by atoms with E-state index in [2.05, 4.69) is 6.92 Å². The van der Waals surface area contributed by atoms with Gasteiger partial charge in [-0.25, -0.2) is 8.78 Å². The molecule has 0 radical (unpaired) electrons. The Morgan fingerprint density at radius 3 is 2.71 bits per heavy atom. The molecule has 2 unspecified atom stereocenters. The van der Waals surface area contributed by atoms with Crippen molar-refractivity contribution in [2.75, 3.05) is 0 Å². The van der Waals surface area contributed by atoms with Crippen LogP contribution >= 0.6 is 0 Å². The van der Waals surface area contributed by atoms with Crippen LogP contribution in [0.15, 0.2) is 18.2 Å². The van der Waals surface area contributed by atoms with E-state index < -0.39 is 17.2 Å². The van der Waals surface area contributed by atoms with Crippen LogP contribution in [0.3, 0.4) is 0 Å². The number of hydrogen-bond donors (Lipinski definition) is 1. The van der Waals surface area contributed by atoms with Crippen LogP contribution < -0.4 is 0 Å². The zero-order valence-corrected chi connectivity index (χ0v) is 10.0. The monoisotopic (exact) mass is 240 g/mol. The number of benzene rings is 1. The second kappa shape index (κ2) is 4.73. The third-order valence-electron chi connectivity index (χ3n) is 3.78. The van der Waals surface area contributed by atoms with E-state index in [1.165, 1.54) is 6.07 Å². The predicted molar refractivity (Wildman–Crippen MR) is 62.6 cm³/mol. The Labute approximate surface area is 100 Å². The lowest BCUT2D eigenvalue weighted by Gasteiger charge is -2.23. The molecule has 1 N–H and O–H groups in total. The molecule has 1 nitrogen and oxygen atoms in total. The van der Waals surface area contributed by atoms with Crippen molar-refractivity contribution in [3.05, 3.63) is 35.4 Å². The van der Waals surface area contributed by atoms with Crippen molar-refractivity contribution in [1.82, 2.24) is 0 Å². The van der Waals surface area contributed by atoms with Crippen molar-refractivity contribution in [3.63, 3.8) is 0 Å². The van der Waals surface area contributed by atoms with Gasteiger partial charge in [0.25, 0.3) is 0 Å². The SMILES string of the molecule is CCC1CCC(O)(Cc2ccc(F)c(F)c2)C1. The molecule has 1 fully saturated rings. The molecule has 0 aromatic heterocycles. The summed E-state index contributed by atoms with van der Waals surface area (Å²) in [6.45, 7) is 2.12. The first-order valence-corrected chi connectivity index (χ1v) is 6.19. The number of halogens is 2. The van der Waals surface area contributed by atoms with E-state index in [4.69, 9.17) is 0 Å². The van der Waals surface area contributed by atoms with Crippen molar-refractivity contribution in [3.8, 4) is 0 Å². The molecule has 1 aromatic carbocycles. The van der Waals surface area contributed by atoms with E-state index in [1.807, 2.05) is 0 Å². The van der Waals surface area contributed by atoms with Gasteiger partial charge < -0.3 is 5.11 Å². The topological polar surface area (TPSA) is 20.2 Å². The highest BCUT2D eigenvalue weighted by Gasteiger charge is 2.36. The van der Waals surface area contributed by atoms with Crippen molar-refractivity contribution in [2.45, 2.75) is 44.6 Å². The lowest BCUT2D eigenvalue weighted by Crippen LogP contribution is -2.27. The first-order chi connectivity index (χ1) is 8.02. The second-order valence-corrected chi connectivity index (χ2v) is 5.17. The van der Waals surface area contributed by atoms with Crippen molar-refractivity contribution in [1.29, 1.82) is 0 Å². The molecule has 0 aliphatic heterocycles. The van der Waals surface area contributed by atoms with E-state index in [9.17, 15) is 13.9 Å². The Bertz CT molecular complexity index is 405. The minimum Gasteiger partial charge on any atom is -0.390 e. The molecule has 2 atom stereocenters. The Morgan fingerprint density at radius 1 is 1.35 bits per heavy atom. The lowest BCUT2D eigenvalue weighted by atomic mass is 9.91. The zero-order chi connectivity index (χ0) is 12.5. The minimum absolute atomic E-state index is 0.417. The molecule has 0 spiro atoms. The molecule has 0 saturated heterocycles. The minimum atomic E-state index is -0.837. The average Bonchev–Trinajstić information content (AvgIpc) is 2.66. The van der Waals surface area contributed by atoms with Crippen LogP contribution in [0, 0.1) is 17.6 Å². The highest BCUT2D eigenvalue weighted by molar-refractivity contribution is 5.20. The van der Waals surface area contributed by atoms with Gasteiger partial charge in [-0.3, -0.25) is 0 Å². The lowest BCUT2D eigenvalue weighted by molar-refractivity contribution is 0.0436. The summed E-state index contributed by atoms with van der Waals surface area (Å²) in [5, 5.41) is 10.4. The van der Waals surface area contributed by atoms with Crippen LogP contribution in [0.25, 0.3) is 0 Å². The van der Waals surface area contributed by atoms with E-state index in [0.29, 0.717) is 17.9 Å².